The maximum absolute atomic E-state index is 11.9. The van der Waals surface area contributed by atoms with Gasteiger partial charge in [-0.15, -0.1) is 12.4 Å². The quantitative estimate of drug-likeness (QED) is 0.655. The first-order valence-corrected chi connectivity index (χ1v) is 7.26. The van der Waals surface area contributed by atoms with Crippen molar-refractivity contribution in [1.29, 1.82) is 0 Å². The van der Waals surface area contributed by atoms with Crippen LogP contribution in [-0.2, 0) is 9.53 Å². The highest BCUT2D eigenvalue weighted by molar-refractivity contribution is 5.85. The molecule has 1 fully saturated rings. The van der Waals surface area contributed by atoms with Gasteiger partial charge in [0, 0.05) is 25.1 Å². The van der Waals surface area contributed by atoms with E-state index in [2.05, 4.69) is 31.4 Å². The van der Waals surface area contributed by atoms with E-state index in [9.17, 15) is 9.90 Å². The Labute approximate surface area is 128 Å². The molecule has 1 aliphatic heterocycles. The molecule has 1 amide bonds. The van der Waals surface area contributed by atoms with Gasteiger partial charge in [-0.2, -0.15) is 0 Å². The smallest absolute Gasteiger partial charge is 0.223 e. The number of nitrogens with one attached hydrogen (secondary N) is 2. The molecule has 0 aromatic carbocycles. The van der Waals surface area contributed by atoms with E-state index >= 15 is 0 Å². The molecular weight excluding hydrogens is 280 g/mol. The summed E-state index contributed by atoms with van der Waals surface area (Å²) in [7, 11) is 0. The summed E-state index contributed by atoms with van der Waals surface area (Å²) in [5.41, 5.74) is 0. The van der Waals surface area contributed by atoms with Crippen LogP contribution in [0.15, 0.2) is 0 Å². The molecule has 20 heavy (non-hydrogen) atoms. The zero-order valence-corrected chi connectivity index (χ0v) is 13.5. The van der Waals surface area contributed by atoms with E-state index in [1.54, 1.807) is 0 Å². The van der Waals surface area contributed by atoms with Crippen molar-refractivity contribution >= 4 is 18.3 Å². The molecule has 3 N–H and O–H groups in total. The summed E-state index contributed by atoms with van der Waals surface area (Å²) in [5.74, 6) is 0.578. The highest BCUT2D eigenvalue weighted by Gasteiger charge is 2.24. The molecule has 0 aliphatic carbocycles. The Kier molecular flexibility index (Phi) is 10.2. The molecule has 6 heteroatoms. The maximum atomic E-state index is 11.9. The Morgan fingerprint density at radius 3 is 2.75 bits per heavy atom. The fourth-order valence-electron chi connectivity index (χ4n) is 2.23. The average molecular weight is 309 g/mol. The van der Waals surface area contributed by atoms with Gasteiger partial charge in [-0.25, -0.2) is 0 Å². The molecule has 0 aromatic rings. The minimum Gasteiger partial charge on any atom is -0.389 e. The third-order valence-electron chi connectivity index (χ3n) is 3.27. The molecule has 1 heterocycles. The van der Waals surface area contributed by atoms with Crippen LogP contribution in [-0.4, -0.2) is 49.5 Å². The van der Waals surface area contributed by atoms with Gasteiger partial charge in [0.05, 0.1) is 12.7 Å². The SMILES string of the molecule is CC(C)COCC(O)CNC(=O)[C@H]1CCN[C@@H](C)C1.Cl. The number of rotatable bonds is 7. The van der Waals surface area contributed by atoms with Crippen LogP contribution in [0.3, 0.4) is 0 Å². The monoisotopic (exact) mass is 308 g/mol. The van der Waals surface area contributed by atoms with Gasteiger partial charge in [-0.05, 0) is 32.2 Å². The third kappa shape index (κ3) is 8.04. The Morgan fingerprint density at radius 1 is 1.45 bits per heavy atom. The largest absolute Gasteiger partial charge is 0.389 e. The van der Waals surface area contributed by atoms with E-state index in [-0.39, 0.29) is 37.4 Å². The van der Waals surface area contributed by atoms with E-state index in [0.29, 0.717) is 18.6 Å². The van der Waals surface area contributed by atoms with Crippen LogP contribution in [0, 0.1) is 11.8 Å². The molecule has 1 aliphatic rings. The first kappa shape index (κ1) is 19.6. The van der Waals surface area contributed by atoms with Gasteiger partial charge >= 0.3 is 0 Å². The number of ether oxygens (including phenoxy) is 1. The van der Waals surface area contributed by atoms with Gasteiger partial charge in [-0.3, -0.25) is 4.79 Å². The van der Waals surface area contributed by atoms with Gasteiger partial charge in [0.15, 0.2) is 0 Å². The van der Waals surface area contributed by atoms with Crippen molar-refractivity contribution < 1.29 is 14.6 Å². The Bertz CT molecular complexity index is 277. The maximum Gasteiger partial charge on any atom is 0.223 e. The molecule has 1 saturated heterocycles. The van der Waals surface area contributed by atoms with Gasteiger partial charge < -0.3 is 20.5 Å². The van der Waals surface area contributed by atoms with E-state index in [4.69, 9.17) is 4.74 Å². The van der Waals surface area contributed by atoms with Crippen molar-refractivity contribution in [3.05, 3.63) is 0 Å². The third-order valence-corrected chi connectivity index (χ3v) is 3.27. The number of piperidine rings is 1. The van der Waals surface area contributed by atoms with Gasteiger partial charge in [-0.1, -0.05) is 13.8 Å². The highest BCUT2D eigenvalue weighted by atomic mass is 35.5. The fourth-order valence-corrected chi connectivity index (χ4v) is 2.23. The lowest BCUT2D eigenvalue weighted by atomic mass is 9.92. The van der Waals surface area contributed by atoms with Crippen LogP contribution in [0.5, 0.6) is 0 Å². The Hall–Kier alpha value is -0.360. The molecule has 1 unspecified atom stereocenters. The fraction of sp³-hybridized carbons (Fsp3) is 0.929. The lowest BCUT2D eigenvalue weighted by Gasteiger charge is -2.27. The summed E-state index contributed by atoms with van der Waals surface area (Å²) in [5, 5.41) is 15.8. The van der Waals surface area contributed by atoms with Crippen LogP contribution >= 0.6 is 12.4 Å². The number of carbonyl (C=O) groups is 1. The van der Waals surface area contributed by atoms with Crippen molar-refractivity contribution in [2.45, 2.75) is 45.8 Å². The van der Waals surface area contributed by atoms with E-state index in [1.807, 2.05) is 0 Å². The second-order valence-corrected chi connectivity index (χ2v) is 5.91. The standard InChI is InChI=1S/C14H28N2O3.ClH/c1-10(2)8-19-9-13(17)7-16-14(18)12-4-5-15-11(3)6-12;/h10-13,15,17H,4-9H2,1-3H3,(H,16,18);1H/t11-,12-,13?;/m0./s1. The number of hydrogen-bond acceptors (Lipinski definition) is 4. The van der Waals surface area contributed by atoms with Crippen LogP contribution in [0.1, 0.15) is 33.6 Å². The van der Waals surface area contributed by atoms with E-state index in [0.717, 1.165) is 19.4 Å². The summed E-state index contributed by atoms with van der Waals surface area (Å²) < 4.78 is 5.34. The topological polar surface area (TPSA) is 70.6 Å². The average Bonchev–Trinajstić information content (AvgIpc) is 2.35. The molecule has 0 spiro atoms. The zero-order chi connectivity index (χ0) is 14.3. The molecular formula is C14H29ClN2O3. The lowest BCUT2D eigenvalue weighted by molar-refractivity contribution is -0.126. The van der Waals surface area contributed by atoms with Crippen LogP contribution in [0.2, 0.25) is 0 Å². The second-order valence-electron chi connectivity index (χ2n) is 5.91. The van der Waals surface area contributed by atoms with Crippen molar-refractivity contribution in [2.24, 2.45) is 11.8 Å². The molecule has 3 atom stereocenters. The molecule has 1 rings (SSSR count). The van der Waals surface area contributed by atoms with Crippen LogP contribution in [0.25, 0.3) is 0 Å². The molecule has 5 nitrogen and oxygen atoms in total. The first-order valence-electron chi connectivity index (χ1n) is 7.26. The highest BCUT2D eigenvalue weighted by Crippen LogP contribution is 2.15. The lowest BCUT2D eigenvalue weighted by Crippen LogP contribution is -2.44. The van der Waals surface area contributed by atoms with Crippen molar-refractivity contribution in [1.82, 2.24) is 10.6 Å². The second kappa shape index (κ2) is 10.4. The van der Waals surface area contributed by atoms with Crippen LogP contribution in [0.4, 0.5) is 0 Å². The molecule has 0 aromatic heterocycles. The predicted octanol–water partition coefficient (Wildman–Crippen LogP) is 0.946. The van der Waals surface area contributed by atoms with Crippen LogP contribution < -0.4 is 10.6 Å². The summed E-state index contributed by atoms with van der Waals surface area (Å²) in [6.45, 7) is 8.29. The predicted molar refractivity (Wildman–Crippen MR) is 82.1 cm³/mol. The molecule has 120 valence electrons. The van der Waals surface area contributed by atoms with Crippen molar-refractivity contribution in [3.8, 4) is 0 Å². The summed E-state index contributed by atoms with van der Waals surface area (Å²) >= 11 is 0. The summed E-state index contributed by atoms with van der Waals surface area (Å²) in [4.78, 5) is 11.9. The number of hydrogen-bond donors (Lipinski definition) is 3. The normalized spacial score (nSPS) is 24.1. The molecule has 0 saturated carbocycles. The number of amides is 1. The number of aliphatic hydroxyl groups is 1. The summed E-state index contributed by atoms with van der Waals surface area (Å²) in [6.07, 6.45) is 1.11. The zero-order valence-electron chi connectivity index (χ0n) is 12.7. The van der Waals surface area contributed by atoms with Gasteiger partial charge in [0.1, 0.15) is 0 Å². The number of carbonyl (C=O) groups excluding carboxylic acids is 1. The minimum atomic E-state index is -0.623. The van der Waals surface area contributed by atoms with E-state index in [1.165, 1.54) is 0 Å². The first-order chi connectivity index (χ1) is 8.99. The van der Waals surface area contributed by atoms with Gasteiger partial charge in [0.25, 0.3) is 0 Å². The van der Waals surface area contributed by atoms with Gasteiger partial charge in [0.2, 0.25) is 5.91 Å². The number of halogens is 1. The van der Waals surface area contributed by atoms with E-state index < -0.39 is 6.10 Å². The van der Waals surface area contributed by atoms with Crippen molar-refractivity contribution in [3.63, 3.8) is 0 Å². The minimum absolute atomic E-state index is 0. The Balaban J connectivity index is 0.00000361. The van der Waals surface area contributed by atoms with Crippen molar-refractivity contribution in [2.75, 3.05) is 26.3 Å². The Morgan fingerprint density at radius 2 is 2.15 bits per heavy atom. The molecule has 0 bridgehead atoms. The number of aliphatic hydroxyl groups excluding tert-OH is 1. The summed E-state index contributed by atoms with van der Waals surface area (Å²) in [6, 6.07) is 0.392. The molecule has 0 radical (unpaired) electrons.